The van der Waals surface area contributed by atoms with Crippen molar-refractivity contribution < 1.29 is 14.3 Å². The Bertz CT molecular complexity index is 841. The number of esters is 1. The zero-order valence-electron chi connectivity index (χ0n) is 12.9. The molecule has 0 unspecified atom stereocenters. The predicted octanol–water partition coefficient (Wildman–Crippen LogP) is 3.85. The largest absolute Gasteiger partial charge is 0.465 e. The first-order chi connectivity index (χ1) is 11.7. The highest BCUT2D eigenvalue weighted by molar-refractivity contribution is 7.13. The predicted molar refractivity (Wildman–Crippen MR) is 93.3 cm³/mol. The number of anilines is 1. The molecule has 0 aliphatic carbocycles. The summed E-state index contributed by atoms with van der Waals surface area (Å²) < 4.78 is 4.63. The minimum atomic E-state index is -0.431. The van der Waals surface area contributed by atoms with Gasteiger partial charge in [-0.25, -0.2) is 9.78 Å². The molecule has 1 heterocycles. The minimum Gasteiger partial charge on any atom is -0.465 e. The molecular weight excluding hydrogens is 324 g/mol. The molecule has 0 bridgehead atoms. The van der Waals surface area contributed by atoms with Gasteiger partial charge in [0.05, 0.1) is 12.7 Å². The van der Waals surface area contributed by atoms with E-state index in [1.54, 1.807) is 41.8 Å². The van der Waals surface area contributed by atoms with E-state index in [4.69, 9.17) is 0 Å². The third kappa shape index (κ3) is 3.49. The van der Waals surface area contributed by atoms with Crippen molar-refractivity contribution in [2.24, 2.45) is 0 Å². The number of hydrogen-bond acceptors (Lipinski definition) is 5. The minimum absolute atomic E-state index is 0.242. The van der Waals surface area contributed by atoms with Gasteiger partial charge in [-0.05, 0) is 48.5 Å². The molecule has 1 N–H and O–H groups in total. The fraction of sp³-hybridized carbons (Fsp3) is 0.0556. The van der Waals surface area contributed by atoms with Gasteiger partial charge in [0.15, 0.2) is 0 Å². The molecule has 1 amide bonds. The lowest BCUT2D eigenvalue weighted by atomic mass is 10.1. The van der Waals surface area contributed by atoms with Gasteiger partial charge in [-0.2, -0.15) is 0 Å². The van der Waals surface area contributed by atoms with Gasteiger partial charge in [0.25, 0.3) is 5.91 Å². The first-order valence-corrected chi connectivity index (χ1v) is 8.05. The fourth-order valence-corrected chi connectivity index (χ4v) is 2.79. The summed E-state index contributed by atoms with van der Waals surface area (Å²) in [5.41, 5.74) is 2.57. The van der Waals surface area contributed by atoms with Gasteiger partial charge in [-0.1, -0.05) is 0 Å². The van der Waals surface area contributed by atoms with Crippen LogP contribution in [-0.2, 0) is 4.74 Å². The topological polar surface area (TPSA) is 68.3 Å². The summed E-state index contributed by atoms with van der Waals surface area (Å²) >= 11 is 1.56. The standard InChI is InChI=1S/C18H14N2O3S/c1-23-18(22)14-4-2-12(3-5-14)16(21)20-15-8-6-13(7-9-15)17-19-10-11-24-17/h2-11H,1H3,(H,20,21). The molecular formula is C18H14N2O3S. The average molecular weight is 338 g/mol. The smallest absolute Gasteiger partial charge is 0.337 e. The van der Waals surface area contributed by atoms with Crippen molar-refractivity contribution in [3.8, 4) is 10.6 Å². The molecule has 0 aliphatic rings. The summed E-state index contributed by atoms with van der Waals surface area (Å²) in [6.45, 7) is 0. The van der Waals surface area contributed by atoms with Gasteiger partial charge < -0.3 is 10.1 Å². The molecule has 0 atom stereocenters. The lowest BCUT2D eigenvalue weighted by Gasteiger charge is -2.06. The van der Waals surface area contributed by atoms with Crippen LogP contribution in [0.15, 0.2) is 60.1 Å². The van der Waals surface area contributed by atoms with E-state index in [0.29, 0.717) is 16.8 Å². The highest BCUT2D eigenvalue weighted by Gasteiger charge is 2.09. The van der Waals surface area contributed by atoms with Crippen molar-refractivity contribution in [2.45, 2.75) is 0 Å². The highest BCUT2D eigenvalue weighted by atomic mass is 32.1. The zero-order valence-corrected chi connectivity index (χ0v) is 13.7. The number of nitrogens with zero attached hydrogens (tertiary/aromatic N) is 1. The first-order valence-electron chi connectivity index (χ1n) is 7.17. The van der Waals surface area contributed by atoms with E-state index < -0.39 is 5.97 Å². The second-order valence-corrected chi connectivity index (χ2v) is 5.83. The molecule has 3 rings (SSSR count). The van der Waals surface area contributed by atoms with Gasteiger partial charge in [0.2, 0.25) is 0 Å². The Labute approximate surface area is 142 Å². The van der Waals surface area contributed by atoms with Crippen molar-refractivity contribution in [1.82, 2.24) is 4.98 Å². The molecule has 1 aromatic heterocycles. The van der Waals surface area contributed by atoms with Crippen LogP contribution < -0.4 is 5.32 Å². The van der Waals surface area contributed by atoms with Crippen LogP contribution in [0.3, 0.4) is 0 Å². The number of methoxy groups -OCH3 is 1. The van der Waals surface area contributed by atoms with Crippen LogP contribution >= 0.6 is 11.3 Å². The maximum atomic E-state index is 12.2. The van der Waals surface area contributed by atoms with E-state index in [9.17, 15) is 9.59 Å². The number of carbonyl (C=O) groups is 2. The Morgan fingerprint density at radius 1 is 1.00 bits per heavy atom. The molecule has 0 radical (unpaired) electrons. The monoisotopic (exact) mass is 338 g/mol. The number of hydrogen-bond donors (Lipinski definition) is 1. The summed E-state index contributed by atoms with van der Waals surface area (Å²) in [7, 11) is 1.32. The van der Waals surface area contributed by atoms with Gasteiger partial charge in [0, 0.05) is 28.4 Å². The Morgan fingerprint density at radius 2 is 1.67 bits per heavy atom. The lowest BCUT2D eigenvalue weighted by molar-refractivity contribution is 0.0600. The summed E-state index contributed by atoms with van der Waals surface area (Å²) in [5, 5.41) is 5.68. The molecule has 0 fully saturated rings. The lowest BCUT2D eigenvalue weighted by Crippen LogP contribution is -2.12. The van der Waals surface area contributed by atoms with Crippen LogP contribution in [0.2, 0.25) is 0 Å². The zero-order chi connectivity index (χ0) is 16.9. The van der Waals surface area contributed by atoms with Gasteiger partial charge in [0.1, 0.15) is 5.01 Å². The Kier molecular flexibility index (Phi) is 4.67. The fourth-order valence-electron chi connectivity index (χ4n) is 2.14. The molecule has 0 saturated carbocycles. The van der Waals surface area contributed by atoms with Crippen molar-refractivity contribution >= 4 is 28.9 Å². The van der Waals surface area contributed by atoms with Crippen LogP contribution in [0.1, 0.15) is 20.7 Å². The third-order valence-electron chi connectivity index (χ3n) is 3.39. The SMILES string of the molecule is COC(=O)c1ccc(C(=O)Nc2ccc(-c3nccs3)cc2)cc1. The average Bonchev–Trinajstić information content (AvgIpc) is 3.16. The van der Waals surface area contributed by atoms with Gasteiger partial charge >= 0.3 is 5.97 Å². The van der Waals surface area contributed by atoms with E-state index >= 15 is 0 Å². The van der Waals surface area contributed by atoms with E-state index in [1.165, 1.54) is 7.11 Å². The maximum Gasteiger partial charge on any atom is 0.337 e. The molecule has 0 spiro atoms. The summed E-state index contributed by atoms with van der Waals surface area (Å²) in [4.78, 5) is 27.9. The quantitative estimate of drug-likeness (QED) is 0.734. The second kappa shape index (κ2) is 7.06. The van der Waals surface area contributed by atoms with E-state index in [-0.39, 0.29) is 5.91 Å². The van der Waals surface area contributed by atoms with Crippen LogP contribution in [0.4, 0.5) is 5.69 Å². The first kappa shape index (κ1) is 15.9. The Balaban J connectivity index is 1.69. The molecule has 3 aromatic rings. The molecule has 0 saturated heterocycles. The number of nitrogens with one attached hydrogen (secondary N) is 1. The van der Waals surface area contributed by atoms with Crippen LogP contribution in [0.5, 0.6) is 0 Å². The number of amides is 1. The molecule has 0 aliphatic heterocycles. The Hall–Kier alpha value is -2.99. The van der Waals surface area contributed by atoms with Crippen molar-refractivity contribution in [3.63, 3.8) is 0 Å². The van der Waals surface area contributed by atoms with Gasteiger partial charge in [-0.15, -0.1) is 11.3 Å². The van der Waals surface area contributed by atoms with Crippen molar-refractivity contribution in [1.29, 1.82) is 0 Å². The van der Waals surface area contributed by atoms with Crippen molar-refractivity contribution in [3.05, 3.63) is 71.2 Å². The molecule has 6 heteroatoms. The number of rotatable bonds is 4. The van der Waals surface area contributed by atoms with E-state index in [2.05, 4.69) is 15.0 Å². The molecule has 120 valence electrons. The maximum absolute atomic E-state index is 12.2. The Morgan fingerprint density at radius 3 is 2.25 bits per heavy atom. The summed E-state index contributed by atoms with van der Waals surface area (Å²) in [5.74, 6) is -0.673. The van der Waals surface area contributed by atoms with Gasteiger partial charge in [-0.3, -0.25) is 4.79 Å². The van der Waals surface area contributed by atoms with E-state index in [1.807, 2.05) is 29.6 Å². The number of thiazole rings is 1. The molecule has 5 nitrogen and oxygen atoms in total. The summed E-state index contributed by atoms with van der Waals surface area (Å²) in [6, 6.07) is 13.8. The second-order valence-electron chi connectivity index (χ2n) is 4.94. The number of benzene rings is 2. The third-order valence-corrected chi connectivity index (χ3v) is 4.21. The highest BCUT2D eigenvalue weighted by Crippen LogP contribution is 2.23. The normalized spacial score (nSPS) is 10.2. The van der Waals surface area contributed by atoms with Crippen LogP contribution in [0, 0.1) is 0 Å². The van der Waals surface area contributed by atoms with E-state index in [0.717, 1.165) is 10.6 Å². The van der Waals surface area contributed by atoms with Crippen molar-refractivity contribution in [2.75, 3.05) is 12.4 Å². The number of ether oxygens (including phenoxy) is 1. The molecule has 2 aromatic carbocycles. The molecule has 24 heavy (non-hydrogen) atoms. The number of aromatic nitrogens is 1. The van der Waals surface area contributed by atoms with Crippen LogP contribution in [0.25, 0.3) is 10.6 Å². The summed E-state index contributed by atoms with van der Waals surface area (Å²) in [6.07, 6.45) is 1.76. The number of carbonyl (C=O) groups excluding carboxylic acids is 2. The van der Waals surface area contributed by atoms with Crippen LogP contribution in [-0.4, -0.2) is 24.0 Å².